The third kappa shape index (κ3) is 3.81. The molecule has 2 atom stereocenters. The predicted octanol–water partition coefficient (Wildman–Crippen LogP) is 1.60. The SMILES string of the molecule is COc1cccc(N2CC(C(=O)OC(C)C(=O)N3CCCC3)CC2=O)c1. The highest BCUT2D eigenvalue weighted by atomic mass is 16.5. The number of anilines is 1. The zero-order valence-corrected chi connectivity index (χ0v) is 15.1. The summed E-state index contributed by atoms with van der Waals surface area (Å²) < 4.78 is 10.5. The van der Waals surface area contributed by atoms with Crippen LogP contribution in [0.5, 0.6) is 5.75 Å². The molecule has 2 unspecified atom stereocenters. The molecule has 26 heavy (non-hydrogen) atoms. The highest BCUT2D eigenvalue weighted by molar-refractivity contribution is 5.99. The number of methoxy groups -OCH3 is 1. The molecule has 7 heteroatoms. The number of hydrogen-bond acceptors (Lipinski definition) is 5. The summed E-state index contributed by atoms with van der Waals surface area (Å²) >= 11 is 0. The van der Waals surface area contributed by atoms with E-state index in [9.17, 15) is 14.4 Å². The van der Waals surface area contributed by atoms with Gasteiger partial charge in [0, 0.05) is 37.8 Å². The maximum atomic E-state index is 12.4. The van der Waals surface area contributed by atoms with Crippen molar-refractivity contribution in [3.05, 3.63) is 24.3 Å². The second kappa shape index (κ2) is 7.76. The Hall–Kier alpha value is -2.57. The van der Waals surface area contributed by atoms with E-state index in [1.165, 1.54) is 0 Å². The van der Waals surface area contributed by atoms with Gasteiger partial charge in [0.2, 0.25) is 5.91 Å². The van der Waals surface area contributed by atoms with Gasteiger partial charge < -0.3 is 19.3 Å². The lowest BCUT2D eigenvalue weighted by atomic mass is 10.1. The van der Waals surface area contributed by atoms with Crippen molar-refractivity contribution in [2.75, 3.05) is 31.6 Å². The molecular weight excluding hydrogens is 336 g/mol. The Bertz CT molecular complexity index is 699. The van der Waals surface area contributed by atoms with Crippen LogP contribution in [-0.4, -0.2) is 55.5 Å². The minimum Gasteiger partial charge on any atom is -0.497 e. The average Bonchev–Trinajstić information content (AvgIpc) is 3.30. The summed E-state index contributed by atoms with van der Waals surface area (Å²) in [5.74, 6) is -0.721. The molecule has 140 valence electrons. The van der Waals surface area contributed by atoms with Gasteiger partial charge in [0.1, 0.15) is 5.75 Å². The quantitative estimate of drug-likeness (QED) is 0.746. The third-order valence-corrected chi connectivity index (χ3v) is 4.88. The molecule has 7 nitrogen and oxygen atoms in total. The molecule has 2 fully saturated rings. The number of esters is 1. The Morgan fingerprint density at radius 3 is 2.65 bits per heavy atom. The van der Waals surface area contributed by atoms with Crippen molar-refractivity contribution < 1.29 is 23.9 Å². The fraction of sp³-hybridized carbons (Fsp3) is 0.526. The van der Waals surface area contributed by atoms with Crippen LogP contribution in [0.2, 0.25) is 0 Å². The second-order valence-corrected chi connectivity index (χ2v) is 6.72. The Balaban J connectivity index is 1.60. The summed E-state index contributed by atoms with van der Waals surface area (Å²) in [4.78, 5) is 40.3. The first-order valence-corrected chi connectivity index (χ1v) is 8.93. The highest BCUT2D eigenvalue weighted by Gasteiger charge is 2.38. The van der Waals surface area contributed by atoms with Crippen molar-refractivity contribution in [1.29, 1.82) is 0 Å². The smallest absolute Gasteiger partial charge is 0.312 e. The molecule has 0 radical (unpaired) electrons. The molecule has 0 aliphatic carbocycles. The van der Waals surface area contributed by atoms with Crippen molar-refractivity contribution in [2.24, 2.45) is 5.92 Å². The van der Waals surface area contributed by atoms with Gasteiger partial charge in [-0.1, -0.05) is 6.07 Å². The summed E-state index contributed by atoms with van der Waals surface area (Å²) in [7, 11) is 1.56. The topological polar surface area (TPSA) is 76.2 Å². The van der Waals surface area contributed by atoms with Crippen LogP contribution in [0.3, 0.4) is 0 Å². The zero-order valence-electron chi connectivity index (χ0n) is 15.1. The number of ether oxygens (including phenoxy) is 2. The first kappa shape index (κ1) is 18.2. The van der Waals surface area contributed by atoms with Gasteiger partial charge >= 0.3 is 5.97 Å². The van der Waals surface area contributed by atoms with Gasteiger partial charge in [0.25, 0.3) is 5.91 Å². The van der Waals surface area contributed by atoms with Crippen LogP contribution >= 0.6 is 0 Å². The maximum absolute atomic E-state index is 12.4. The molecule has 2 amide bonds. The van der Waals surface area contributed by atoms with Gasteiger partial charge in [0.05, 0.1) is 13.0 Å². The van der Waals surface area contributed by atoms with Crippen LogP contribution in [0.25, 0.3) is 0 Å². The molecule has 3 rings (SSSR count). The van der Waals surface area contributed by atoms with E-state index in [0.29, 0.717) is 24.5 Å². The Kier molecular flexibility index (Phi) is 5.44. The van der Waals surface area contributed by atoms with E-state index in [4.69, 9.17) is 9.47 Å². The van der Waals surface area contributed by atoms with Crippen LogP contribution in [0, 0.1) is 5.92 Å². The van der Waals surface area contributed by atoms with Crippen LogP contribution in [0.1, 0.15) is 26.2 Å². The van der Waals surface area contributed by atoms with E-state index in [0.717, 1.165) is 12.8 Å². The monoisotopic (exact) mass is 360 g/mol. The Labute approximate surface area is 152 Å². The van der Waals surface area contributed by atoms with Crippen molar-refractivity contribution in [1.82, 2.24) is 4.90 Å². The van der Waals surface area contributed by atoms with E-state index < -0.39 is 18.0 Å². The lowest BCUT2D eigenvalue weighted by Crippen LogP contribution is -2.39. The number of nitrogens with zero attached hydrogens (tertiary/aromatic N) is 2. The van der Waals surface area contributed by atoms with E-state index in [-0.39, 0.29) is 24.8 Å². The predicted molar refractivity (Wildman–Crippen MR) is 94.8 cm³/mol. The average molecular weight is 360 g/mol. The van der Waals surface area contributed by atoms with Gasteiger partial charge in [-0.3, -0.25) is 14.4 Å². The molecule has 2 aliphatic heterocycles. The summed E-state index contributed by atoms with van der Waals surface area (Å²) in [5.41, 5.74) is 0.686. The number of carbonyl (C=O) groups is 3. The summed E-state index contributed by atoms with van der Waals surface area (Å²) in [6.07, 6.45) is 1.24. The van der Waals surface area contributed by atoms with Crippen molar-refractivity contribution in [3.8, 4) is 5.75 Å². The molecular formula is C19H24N2O5. The molecule has 0 bridgehead atoms. The lowest BCUT2D eigenvalue weighted by Gasteiger charge is -2.21. The van der Waals surface area contributed by atoms with E-state index in [2.05, 4.69) is 0 Å². The summed E-state index contributed by atoms with van der Waals surface area (Å²) in [5, 5.41) is 0. The molecule has 0 spiro atoms. The largest absolute Gasteiger partial charge is 0.497 e. The lowest BCUT2D eigenvalue weighted by molar-refractivity contribution is -0.161. The fourth-order valence-corrected chi connectivity index (χ4v) is 3.41. The summed E-state index contributed by atoms with van der Waals surface area (Å²) in [6.45, 7) is 3.27. The maximum Gasteiger partial charge on any atom is 0.312 e. The van der Waals surface area contributed by atoms with Gasteiger partial charge in [-0.25, -0.2) is 0 Å². The summed E-state index contributed by atoms with van der Waals surface area (Å²) in [6, 6.07) is 7.14. The van der Waals surface area contributed by atoms with E-state index in [1.54, 1.807) is 48.1 Å². The molecule has 0 saturated carbocycles. The molecule has 0 N–H and O–H groups in total. The van der Waals surface area contributed by atoms with Crippen molar-refractivity contribution in [2.45, 2.75) is 32.3 Å². The molecule has 0 aromatic heterocycles. The third-order valence-electron chi connectivity index (χ3n) is 4.88. The van der Waals surface area contributed by atoms with Crippen molar-refractivity contribution in [3.63, 3.8) is 0 Å². The van der Waals surface area contributed by atoms with E-state index in [1.807, 2.05) is 0 Å². The van der Waals surface area contributed by atoms with Crippen LogP contribution in [0.15, 0.2) is 24.3 Å². The van der Waals surface area contributed by atoms with Gasteiger partial charge in [-0.2, -0.15) is 0 Å². The van der Waals surface area contributed by atoms with Crippen molar-refractivity contribution >= 4 is 23.5 Å². The standard InChI is InChI=1S/C19H24N2O5/c1-13(18(23)20-8-3-4-9-20)26-19(24)14-10-17(22)21(12-14)15-6-5-7-16(11-15)25-2/h5-7,11,13-14H,3-4,8-10,12H2,1-2H3. The second-order valence-electron chi connectivity index (χ2n) is 6.72. The van der Waals surface area contributed by atoms with Crippen LogP contribution in [0.4, 0.5) is 5.69 Å². The van der Waals surface area contributed by atoms with Gasteiger partial charge in [-0.15, -0.1) is 0 Å². The van der Waals surface area contributed by atoms with Crippen LogP contribution in [-0.2, 0) is 19.1 Å². The zero-order chi connectivity index (χ0) is 18.7. The minimum atomic E-state index is -0.818. The first-order valence-electron chi connectivity index (χ1n) is 8.93. The minimum absolute atomic E-state index is 0.0840. The van der Waals surface area contributed by atoms with Gasteiger partial charge in [0.15, 0.2) is 6.10 Å². The number of likely N-dealkylation sites (tertiary alicyclic amines) is 1. The Morgan fingerprint density at radius 1 is 1.23 bits per heavy atom. The first-order chi connectivity index (χ1) is 12.5. The number of amides is 2. The van der Waals surface area contributed by atoms with Gasteiger partial charge in [-0.05, 0) is 31.9 Å². The normalized spacial score (nSPS) is 21.0. The molecule has 1 aromatic rings. The molecule has 2 saturated heterocycles. The fourth-order valence-electron chi connectivity index (χ4n) is 3.41. The molecule has 1 aromatic carbocycles. The molecule has 2 heterocycles. The number of carbonyl (C=O) groups excluding carboxylic acids is 3. The number of rotatable bonds is 5. The van der Waals surface area contributed by atoms with Crippen LogP contribution < -0.4 is 9.64 Å². The highest BCUT2D eigenvalue weighted by Crippen LogP contribution is 2.28. The number of hydrogen-bond donors (Lipinski definition) is 0. The van der Waals surface area contributed by atoms with E-state index >= 15 is 0 Å². The molecule has 2 aliphatic rings. The Morgan fingerprint density at radius 2 is 1.96 bits per heavy atom. The number of benzene rings is 1.